The molecule has 1 aromatic heterocycles. The van der Waals surface area contributed by atoms with Gasteiger partial charge in [0.25, 0.3) is 5.91 Å². The SMILES string of the molecule is COc1ccc(Br)c2c(-c3ccccc3)c(C(=O)NN=Cc3cc(Br)ccc3OC(=O)c3ccc4c(c3)OCO4)[nH]c12. The first kappa shape index (κ1) is 27.6. The number of halogens is 2. The first-order chi connectivity index (χ1) is 20.4. The highest BCUT2D eigenvalue weighted by Gasteiger charge is 2.23. The van der Waals surface area contributed by atoms with Crippen molar-refractivity contribution in [3.63, 3.8) is 0 Å². The number of carbonyl (C=O) groups excluding carboxylic acids is 2. The first-order valence-electron chi connectivity index (χ1n) is 12.6. The fourth-order valence-electron chi connectivity index (χ4n) is 4.58. The molecule has 0 spiro atoms. The zero-order valence-corrected chi connectivity index (χ0v) is 25.1. The standard InChI is InChI=1S/C31H21Br2N3O6/c1-39-24-12-9-21(33)27-26(17-5-3-2-4-6-17)29(35-28(24)27)30(37)36-34-15-19-13-20(32)8-11-22(19)42-31(38)18-7-10-23-25(14-18)41-16-40-23/h2-15,35H,16H2,1H3,(H,36,37). The number of nitrogens with one attached hydrogen (secondary N) is 2. The van der Waals surface area contributed by atoms with Gasteiger partial charge in [0.1, 0.15) is 17.2 Å². The van der Waals surface area contributed by atoms with Crippen LogP contribution >= 0.6 is 31.9 Å². The van der Waals surface area contributed by atoms with E-state index in [1.807, 2.05) is 42.5 Å². The van der Waals surface area contributed by atoms with E-state index in [9.17, 15) is 9.59 Å². The molecule has 0 aliphatic carbocycles. The van der Waals surface area contributed by atoms with Gasteiger partial charge in [-0.1, -0.05) is 62.2 Å². The number of ether oxygens (including phenoxy) is 4. The Morgan fingerprint density at radius 3 is 2.55 bits per heavy atom. The Balaban J connectivity index is 1.28. The summed E-state index contributed by atoms with van der Waals surface area (Å²) in [7, 11) is 1.57. The highest BCUT2D eigenvalue weighted by molar-refractivity contribution is 9.11. The molecular weight excluding hydrogens is 670 g/mol. The van der Waals surface area contributed by atoms with Crippen LogP contribution in [0.1, 0.15) is 26.4 Å². The molecule has 42 heavy (non-hydrogen) atoms. The number of aromatic amines is 1. The van der Waals surface area contributed by atoms with Crippen molar-refractivity contribution in [3.05, 3.63) is 105 Å². The summed E-state index contributed by atoms with van der Waals surface area (Å²) in [5.41, 5.74) is 5.87. The molecule has 11 heteroatoms. The van der Waals surface area contributed by atoms with Crippen LogP contribution in [0, 0.1) is 0 Å². The average Bonchev–Trinajstić information content (AvgIpc) is 3.64. The summed E-state index contributed by atoms with van der Waals surface area (Å²) in [6.45, 7) is 0.100. The van der Waals surface area contributed by atoms with Gasteiger partial charge in [-0.15, -0.1) is 0 Å². The Kier molecular flexibility index (Phi) is 7.68. The highest BCUT2D eigenvalue weighted by atomic mass is 79.9. The van der Waals surface area contributed by atoms with Gasteiger partial charge in [-0.05, 0) is 54.1 Å². The topological polar surface area (TPSA) is 111 Å². The minimum Gasteiger partial charge on any atom is -0.495 e. The number of hydrogen-bond donors (Lipinski definition) is 2. The Hall–Kier alpha value is -4.61. The van der Waals surface area contributed by atoms with Gasteiger partial charge >= 0.3 is 5.97 Å². The Morgan fingerprint density at radius 2 is 1.74 bits per heavy atom. The maximum absolute atomic E-state index is 13.5. The van der Waals surface area contributed by atoms with E-state index < -0.39 is 11.9 Å². The van der Waals surface area contributed by atoms with Crippen molar-refractivity contribution >= 4 is 60.9 Å². The highest BCUT2D eigenvalue weighted by Crippen LogP contribution is 2.41. The van der Waals surface area contributed by atoms with Gasteiger partial charge < -0.3 is 23.9 Å². The van der Waals surface area contributed by atoms with Gasteiger partial charge in [0.05, 0.1) is 24.4 Å². The Labute approximate surface area is 256 Å². The summed E-state index contributed by atoms with van der Waals surface area (Å²) in [5, 5.41) is 4.99. The van der Waals surface area contributed by atoms with Crippen molar-refractivity contribution in [3.8, 4) is 34.1 Å². The third-order valence-corrected chi connectivity index (χ3v) is 7.68. The van der Waals surface area contributed by atoms with E-state index in [2.05, 4.69) is 47.4 Å². The molecule has 2 heterocycles. The number of amides is 1. The van der Waals surface area contributed by atoms with Crippen molar-refractivity contribution in [2.75, 3.05) is 13.9 Å². The molecule has 0 atom stereocenters. The van der Waals surface area contributed by atoms with Crippen LogP contribution in [0.4, 0.5) is 0 Å². The van der Waals surface area contributed by atoms with Crippen molar-refractivity contribution in [2.45, 2.75) is 0 Å². The number of rotatable bonds is 7. The van der Waals surface area contributed by atoms with E-state index in [4.69, 9.17) is 18.9 Å². The second kappa shape index (κ2) is 11.7. The van der Waals surface area contributed by atoms with E-state index in [0.717, 1.165) is 19.9 Å². The number of benzene rings is 4. The summed E-state index contributed by atoms with van der Waals surface area (Å²) in [4.78, 5) is 29.6. The van der Waals surface area contributed by atoms with E-state index >= 15 is 0 Å². The Morgan fingerprint density at radius 1 is 0.952 bits per heavy atom. The predicted molar refractivity (Wildman–Crippen MR) is 165 cm³/mol. The van der Waals surface area contributed by atoms with E-state index in [1.54, 1.807) is 43.5 Å². The molecule has 1 aliphatic heterocycles. The molecule has 0 radical (unpaired) electrons. The minimum absolute atomic E-state index is 0.100. The number of methoxy groups -OCH3 is 1. The normalized spacial score (nSPS) is 12.1. The summed E-state index contributed by atoms with van der Waals surface area (Å²) in [5.74, 6) is 0.832. The molecule has 2 N–H and O–H groups in total. The van der Waals surface area contributed by atoms with Gasteiger partial charge in [-0.3, -0.25) is 4.79 Å². The maximum Gasteiger partial charge on any atom is 0.343 e. The van der Waals surface area contributed by atoms with Crippen molar-refractivity contribution in [1.29, 1.82) is 0 Å². The molecule has 6 rings (SSSR count). The molecular formula is C31H21Br2N3O6. The molecule has 210 valence electrons. The number of hydrogen-bond acceptors (Lipinski definition) is 7. The van der Waals surface area contributed by atoms with E-state index in [0.29, 0.717) is 45.1 Å². The molecule has 0 saturated heterocycles. The summed E-state index contributed by atoms with van der Waals surface area (Å²) < 4.78 is 23.4. The third kappa shape index (κ3) is 5.36. The van der Waals surface area contributed by atoms with Gasteiger partial charge in [0, 0.05) is 25.5 Å². The van der Waals surface area contributed by atoms with Crippen molar-refractivity contribution in [1.82, 2.24) is 10.4 Å². The molecule has 4 aromatic carbocycles. The van der Waals surface area contributed by atoms with E-state index in [1.165, 1.54) is 6.21 Å². The minimum atomic E-state index is -0.584. The Bertz CT molecular complexity index is 1870. The molecule has 1 aliphatic rings. The van der Waals surface area contributed by atoms with Gasteiger partial charge in [-0.2, -0.15) is 5.10 Å². The zero-order chi connectivity index (χ0) is 29.2. The number of carbonyl (C=O) groups is 2. The number of aromatic nitrogens is 1. The first-order valence-corrected chi connectivity index (χ1v) is 14.2. The average molecular weight is 691 g/mol. The van der Waals surface area contributed by atoms with E-state index in [-0.39, 0.29) is 12.5 Å². The van der Waals surface area contributed by atoms with Crippen LogP contribution in [0.2, 0.25) is 0 Å². The van der Waals surface area contributed by atoms with Gasteiger partial charge in [0.2, 0.25) is 6.79 Å². The summed E-state index contributed by atoms with van der Waals surface area (Å²) >= 11 is 7.06. The van der Waals surface area contributed by atoms with Gasteiger partial charge in [-0.25, -0.2) is 10.2 Å². The second-order valence-corrected chi connectivity index (χ2v) is 10.8. The summed E-state index contributed by atoms with van der Waals surface area (Å²) in [6.07, 6.45) is 1.41. The second-order valence-electron chi connectivity index (χ2n) is 9.08. The largest absolute Gasteiger partial charge is 0.495 e. The molecule has 5 aromatic rings. The van der Waals surface area contributed by atoms with Crippen LogP contribution in [0.15, 0.2) is 92.9 Å². The van der Waals surface area contributed by atoms with Crippen LogP contribution in [0.3, 0.4) is 0 Å². The molecule has 0 unspecified atom stereocenters. The monoisotopic (exact) mass is 689 g/mol. The lowest BCUT2D eigenvalue weighted by atomic mass is 10.0. The van der Waals surface area contributed by atoms with Crippen molar-refractivity contribution in [2.24, 2.45) is 5.10 Å². The van der Waals surface area contributed by atoms with Gasteiger partial charge in [0.15, 0.2) is 11.5 Å². The van der Waals surface area contributed by atoms with Crippen LogP contribution < -0.4 is 24.4 Å². The van der Waals surface area contributed by atoms with Crippen LogP contribution in [-0.4, -0.2) is 37.0 Å². The van der Waals surface area contributed by atoms with Crippen LogP contribution in [0.5, 0.6) is 23.0 Å². The zero-order valence-electron chi connectivity index (χ0n) is 21.9. The van der Waals surface area contributed by atoms with Crippen LogP contribution in [-0.2, 0) is 0 Å². The lowest BCUT2D eigenvalue weighted by Gasteiger charge is -2.09. The number of hydrazone groups is 1. The molecule has 0 saturated carbocycles. The lowest BCUT2D eigenvalue weighted by molar-refractivity contribution is 0.0733. The molecule has 0 bridgehead atoms. The molecule has 1 amide bonds. The number of fused-ring (bicyclic) bond motifs is 2. The fourth-order valence-corrected chi connectivity index (χ4v) is 5.49. The smallest absolute Gasteiger partial charge is 0.343 e. The number of nitrogens with zero attached hydrogens (tertiary/aromatic N) is 1. The molecule has 0 fully saturated rings. The third-order valence-electron chi connectivity index (χ3n) is 6.53. The van der Waals surface area contributed by atoms with Crippen molar-refractivity contribution < 1.29 is 28.5 Å². The predicted octanol–water partition coefficient (Wildman–Crippen LogP) is 7.08. The summed E-state index contributed by atoms with van der Waals surface area (Å²) in [6, 6.07) is 23.2. The van der Waals surface area contributed by atoms with Crippen LogP contribution in [0.25, 0.3) is 22.0 Å². The quantitative estimate of drug-likeness (QED) is 0.0817. The maximum atomic E-state index is 13.5. The number of H-pyrrole nitrogens is 1. The lowest BCUT2D eigenvalue weighted by Crippen LogP contribution is -2.19. The number of esters is 1. The fraction of sp³-hybridized carbons (Fsp3) is 0.0645. The molecule has 9 nitrogen and oxygen atoms in total.